The Kier molecular flexibility index (Phi) is 2.51. The van der Waals surface area contributed by atoms with Crippen LogP contribution in [0.2, 0.25) is 5.15 Å². The van der Waals surface area contributed by atoms with Gasteiger partial charge < -0.3 is 15.2 Å². The molecule has 0 aliphatic rings. The summed E-state index contributed by atoms with van der Waals surface area (Å²) in [6, 6.07) is 0.686. The first-order valence-corrected chi connectivity index (χ1v) is 3.31. The van der Waals surface area contributed by atoms with Gasteiger partial charge in [-0.3, -0.25) is 0 Å². The number of pyridine rings is 1. The van der Waals surface area contributed by atoms with Crippen molar-refractivity contribution in [3.05, 3.63) is 17.0 Å². The Morgan fingerprint density at radius 2 is 2.08 bits per heavy atom. The van der Waals surface area contributed by atoms with Crippen LogP contribution in [0.1, 0.15) is 0 Å². The van der Waals surface area contributed by atoms with Crippen molar-refractivity contribution in [3.8, 4) is 5.75 Å². The van der Waals surface area contributed by atoms with E-state index in [9.17, 15) is 4.39 Å². The normalized spacial score (nSPS) is 10.0. The zero-order chi connectivity index (χ0) is 9.30. The quantitative estimate of drug-likeness (QED) is 0.404. The maximum absolute atomic E-state index is 12.6. The van der Waals surface area contributed by atoms with E-state index in [0.29, 0.717) is 6.07 Å². The van der Waals surface area contributed by atoms with E-state index in [2.05, 4.69) is 4.98 Å². The third-order valence-electron chi connectivity index (χ3n) is 1.19. The van der Waals surface area contributed by atoms with Crippen molar-refractivity contribution in [2.75, 3.05) is 0 Å². The van der Waals surface area contributed by atoms with Gasteiger partial charge in [0.25, 0.3) is 0 Å². The van der Waals surface area contributed by atoms with E-state index in [4.69, 9.17) is 26.8 Å². The number of hydrogen-bond acceptors (Lipinski definition) is 4. The van der Waals surface area contributed by atoms with Crippen molar-refractivity contribution in [2.45, 2.75) is 0 Å². The lowest BCUT2D eigenvalue weighted by Crippen LogP contribution is -2.33. The molecule has 0 spiro atoms. The molecule has 0 unspecified atom stereocenters. The van der Waals surface area contributed by atoms with Gasteiger partial charge in [0.05, 0.1) is 5.59 Å². The van der Waals surface area contributed by atoms with E-state index in [0.717, 1.165) is 0 Å². The second-order valence-corrected chi connectivity index (χ2v) is 2.40. The summed E-state index contributed by atoms with van der Waals surface area (Å²) in [7, 11) is -1.91. The fraction of sp³-hybridized carbons (Fsp3) is 0. The van der Waals surface area contributed by atoms with Gasteiger partial charge in [0.15, 0.2) is 16.7 Å². The molecule has 64 valence electrons. The van der Waals surface area contributed by atoms with Gasteiger partial charge in [-0.25, -0.2) is 9.37 Å². The summed E-state index contributed by atoms with van der Waals surface area (Å²) in [5.41, 5.74) is -0.352. The number of nitrogens with zero attached hydrogens (tertiary/aromatic N) is 1. The van der Waals surface area contributed by atoms with Crippen molar-refractivity contribution in [1.29, 1.82) is 0 Å². The van der Waals surface area contributed by atoms with Crippen LogP contribution in [0.3, 0.4) is 0 Å². The summed E-state index contributed by atoms with van der Waals surface area (Å²) in [6.07, 6.45) is 0. The van der Waals surface area contributed by atoms with Crippen molar-refractivity contribution in [3.63, 3.8) is 0 Å². The molecule has 0 saturated carbocycles. The fourth-order valence-electron chi connectivity index (χ4n) is 0.628. The van der Waals surface area contributed by atoms with Crippen molar-refractivity contribution in [2.24, 2.45) is 0 Å². The largest absolute Gasteiger partial charge is 0.508 e. The summed E-state index contributed by atoms with van der Waals surface area (Å²) in [5, 5.41) is 25.4. The van der Waals surface area contributed by atoms with E-state index in [-0.39, 0.29) is 5.59 Å². The summed E-state index contributed by atoms with van der Waals surface area (Å²) in [6.45, 7) is 0. The van der Waals surface area contributed by atoms with Crippen LogP contribution in [0.25, 0.3) is 0 Å². The van der Waals surface area contributed by atoms with E-state index in [1.54, 1.807) is 0 Å². The molecule has 0 bridgehead atoms. The molecule has 7 heteroatoms. The zero-order valence-electron chi connectivity index (χ0n) is 5.70. The van der Waals surface area contributed by atoms with E-state index in [1.807, 2.05) is 0 Å². The molecule has 4 nitrogen and oxygen atoms in total. The first-order valence-electron chi connectivity index (χ1n) is 2.93. The molecule has 0 saturated heterocycles. The predicted molar refractivity (Wildman–Crippen MR) is 40.7 cm³/mol. The average Bonchev–Trinajstić information content (AvgIpc) is 1.99. The SMILES string of the molecule is OB(O)c1cc(F)c(O)c(Cl)n1. The smallest absolute Gasteiger partial charge is 0.503 e. The van der Waals surface area contributed by atoms with Gasteiger partial charge in [-0.1, -0.05) is 11.6 Å². The molecule has 1 rings (SSSR count). The maximum Gasteiger partial charge on any atom is 0.508 e. The van der Waals surface area contributed by atoms with E-state index < -0.39 is 23.8 Å². The molecule has 0 atom stereocenters. The number of rotatable bonds is 1. The van der Waals surface area contributed by atoms with Gasteiger partial charge in [-0.05, 0) is 6.07 Å². The number of aromatic nitrogens is 1. The first-order chi connectivity index (χ1) is 5.52. The molecule has 3 N–H and O–H groups in total. The molecule has 0 fully saturated rings. The highest BCUT2D eigenvalue weighted by Gasteiger charge is 2.18. The molecule has 12 heavy (non-hydrogen) atoms. The third kappa shape index (κ3) is 1.66. The van der Waals surface area contributed by atoms with Crippen LogP contribution >= 0.6 is 11.6 Å². The zero-order valence-corrected chi connectivity index (χ0v) is 6.46. The first kappa shape index (κ1) is 9.24. The molecule has 0 aliphatic heterocycles. The van der Waals surface area contributed by atoms with Gasteiger partial charge in [-0.15, -0.1) is 0 Å². The van der Waals surface area contributed by atoms with Crippen LogP contribution in [0.15, 0.2) is 6.07 Å². The fourth-order valence-corrected chi connectivity index (χ4v) is 0.815. The minimum absolute atomic E-state index is 0.352. The molecule has 0 aliphatic carbocycles. The predicted octanol–water partition coefficient (Wildman–Crippen LogP) is -0.741. The van der Waals surface area contributed by atoms with Crippen LogP contribution < -0.4 is 5.59 Å². The van der Waals surface area contributed by atoms with Crippen LogP contribution in [0.5, 0.6) is 5.75 Å². The Morgan fingerprint density at radius 3 is 2.50 bits per heavy atom. The van der Waals surface area contributed by atoms with E-state index in [1.165, 1.54) is 0 Å². The Balaban J connectivity index is 3.21. The average molecular weight is 191 g/mol. The molecule has 1 heterocycles. The van der Waals surface area contributed by atoms with Gasteiger partial charge in [0.1, 0.15) is 0 Å². The van der Waals surface area contributed by atoms with Gasteiger partial charge in [0.2, 0.25) is 0 Å². The minimum Gasteiger partial charge on any atom is -0.503 e. The monoisotopic (exact) mass is 191 g/mol. The van der Waals surface area contributed by atoms with Crippen molar-refractivity contribution < 1.29 is 19.5 Å². The Labute approximate surface area is 72.4 Å². The Hall–Kier alpha value is -0.845. The molecular formula is C5H4BClFNO3. The lowest BCUT2D eigenvalue weighted by atomic mass is 9.86. The second-order valence-electron chi connectivity index (χ2n) is 2.04. The maximum atomic E-state index is 12.6. The van der Waals surface area contributed by atoms with Gasteiger partial charge >= 0.3 is 7.12 Å². The highest BCUT2D eigenvalue weighted by molar-refractivity contribution is 6.57. The molecular weight excluding hydrogens is 187 g/mol. The number of hydrogen-bond donors (Lipinski definition) is 3. The summed E-state index contributed by atoms with van der Waals surface area (Å²) in [4.78, 5) is 3.31. The van der Waals surface area contributed by atoms with Crippen LogP contribution in [-0.4, -0.2) is 27.3 Å². The molecule has 0 aromatic carbocycles. The Bertz CT molecular complexity index is 286. The molecule has 1 aromatic rings. The Morgan fingerprint density at radius 1 is 1.50 bits per heavy atom. The lowest BCUT2D eigenvalue weighted by molar-refractivity contribution is 0.418. The van der Waals surface area contributed by atoms with Crippen molar-refractivity contribution >= 4 is 24.3 Å². The second kappa shape index (κ2) is 3.26. The third-order valence-corrected chi connectivity index (χ3v) is 1.45. The summed E-state index contributed by atoms with van der Waals surface area (Å²) >= 11 is 5.24. The highest BCUT2D eigenvalue weighted by Crippen LogP contribution is 2.21. The molecule has 1 aromatic heterocycles. The van der Waals surface area contributed by atoms with Crippen LogP contribution in [-0.2, 0) is 0 Å². The van der Waals surface area contributed by atoms with Crippen LogP contribution in [0, 0.1) is 5.82 Å². The molecule has 0 radical (unpaired) electrons. The summed E-state index contributed by atoms with van der Waals surface area (Å²) in [5.74, 6) is -1.85. The van der Waals surface area contributed by atoms with Gasteiger partial charge in [0, 0.05) is 0 Å². The lowest BCUT2D eigenvalue weighted by Gasteiger charge is -2.01. The summed E-state index contributed by atoms with van der Waals surface area (Å²) < 4.78 is 12.6. The standard InChI is InChI=1S/C5H4BClFNO3/c7-5-4(10)2(8)1-3(9-5)6(11)12/h1,10-12H. The topological polar surface area (TPSA) is 73.6 Å². The number of halogens is 2. The minimum atomic E-state index is -1.91. The van der Waals surface area contributed by atoms with Crippen LogP contribution in [0.4, 0.5) is 4.39 Å². The highest BCUT2D eigenvalue weighted by atomic mass is 35.5. The number of aromatic hydroxyl groups is 1. The van der Waals surface area contributed by atoms with Gasteiger partial charge in [-0.2, -0.15) is 0 Å². The van der Waals surface area contributed by atoms with Crippen molar-refractivity contribution in [1.82, 2.24) is 4.98 Å². The molecule has 0 amide bonds. The van der Waals surface area contributed by atoms with E-state index >= 15 is 0 Å².